The Morgan fingerprint density at radius 1 is 1.23 bits per heavy atom. The third-order valence-electron chi connectivity index (χ3n) is 4.37. The van der Waals surface area contributed by atoms with E-state index in [-0.39, 0.29) is 47.2 Å². The van der Waals surface area contributed by atoms with Gasteiger partial charge in [0.25, 0.3) is 0 Å². The fraction of sp³-hybridized carbons (Fsp3) is 0.353. The number of benzene rings is 1. The van der Waals surface area contributed by atoms with Crippen molar-refractivity contribution < 1.29 is 32.7 Å². The van der Waals surface area contributed by atoms with Gasteiger partial charge in [0.05, 0.1) is 10.8 Å². The van der Waals surface area contributed by atoms with Gasteiger partial charge in [-0.3, -0.25) is 14.9 Å². The van der Waals surface area contributed by atoms with Gasteiger partial charge in [-0.1, -0.05) is 0 Å². The summed E-state index contributed by atoms with van der Waals surface area (Å²) in [6, 6.07) is 4.85. The normalized spacial score (nSPS) is 15.1. The number of hydrogen-bond acceptors (Lipinski definition) is 8. The van der Waals surface area contributed by atoms with Gasteiger partial charge in [0, 0.05) is 18.0 Å². The number of piperidine rings is 1. The zero-order valence-corrected chi connectivity index (χ0v) is 16.0. The highest BCUT2D eigenvalue weighted by molar-refractivity contribution is 8.00. The first-order chi connectivity index (χ1) is 14.1. The summed E-state index contributed by atoms with van der Waals surface area (Å²) in [7, 11) is 0. The second-order valence-electron chi connectivity index (χ2n) is 6.33. The Bertz CT molecular complexity index is 934. The van der Waals surface area contributed by atoms with Crippen molar-refractivity contribution in [3.8, 4) is 11.6 Å². The fourth-order valence-corrected chi connectivity index (χ4v) is 3.52. The van der Waals surface area contributed by atoms with E-state index >= 15 is 0 Å². The second kappa shape index (κ2) is 8.73. The number of carboxylic acid groups (broad SMARTS) is 1. The number of aromatic nitrogens is 2. The van der Waals surface area contributed by atoms with Gasteiger partial charge in [-0.15, -0.1) is 0 Å². The van der Waals surface area contributed by atoms with Crippen LogP contribution < -0.4 is 9.64 Å². The van der Waals surface area contributed by atoms with Crippen LogP contribution in [0.5, 0.6) is 11.6 Å². The molecule has 1 saturated heterocycles. The first-order valence-electron chi connectivity index (χ1n) is 8.65. The molecule has 0 atom stereocenters. The quantitative estimate of drug-likeness (QED) is 0.399. The summed E-state index contributed by atoms with van der Waals surface area (Å²) < 4.78 is 42.7. The van der Waals surface area contributed by atoms with E-state index in [0.717, 1.165) is 6.33 Å². The summed E-state index contributed by atoms with van der Waals surface area (Å²) in [4.78, 5) is 31.3. The summed E-state index contributed by atoms with van der Waals surface area (Å²) in [5, 5.41) is 20.7. The van der Waals surface area contributed by atoms with Crippen LogP contribution in [0.15, 0.2) is 35.5 Å². The van der Waals surface area contributed by atoms with Gasteiger partial charge in [-0.05, 0) is 48.9 Å². The molecule has 1 aromatic heterocycles. The Balaban J connectivity index is 1.81. The number of nitro groups is 1. The maximum Gasteiger partial charge on any atom is 0.446 e. The average molecular weight is 444 g/mol. The molecule has 9 nitrogen and oxygen atoms in total. The lowest BCUT2D eigenvalue weighted by Gasteiger charge is -2.30. The van der Waals surface area contributed by atoms with Crippen molar-refractivity contribution in [2.45, 2.75) is 23.2 Å². The van der Waals surface area contributed by atoms with Crippen molar-refractivity contribution in [3.05, 3.63) is 40.7 Å². The topological polar surface area (TPSA) is 119 Å². The number of carboxylic acids is 1. The summed E-state index contributed by atoms with van der Waals surface area (Å²) in [5.74, 6) is -1.73. The van der Waals surface area contributed by atoms with Crippen molar-refractivity contribution in [1.29, 1.82) is 0 Å². The van der Waals surface area contributed by atoms with Gasteiger partial charge < -0.3 is 14.7 Å². The number of nitrogens with zero attached hydrogens (tertiary/aromatic N) is 4. The monoisotopic (exact) mass is 444 g/mol. The Hall–Kier alpha value is -3.09. The summed E-state index contributed by atoms with van der Waals surface area (Å²) in [6.45, 7) is 0.523. The van der Waals surface area contributed by atoms with E-state index in [1.807, 2.05) is 0 Å². The highest BCUT2D eigenvalue weighted by Gasteiger charge is 2.33. The lowest BCUT2D eigenvalue weighted by molar-refractivity contribution is -0.385. The van der Waals surface area contributed by atoms with E-state index in [1.54, 1.807) is 4.90 Å². The van der Waals surface area contributed by atoms with E-state index in [1.165, 1.54) is 24.3 Å². The third kappa shape index (κ3) is 5.28. The largest absolute Gasteiger partial charge is 0.481 e. The Morgan fingerprint density at radius 2 is 1.87 bits per heavy atom. The van der Waals surface area contributed by atoms with Crippen molar-refractivity contribution in [2.75, 3.05) is 18.0 Å². The molecule has 30 heavy (non-hydrogen) atoms. The van der Waals surface area contributed by atoms with Crippen LogP contribution in [0.25, 0.3) is 0 Å². The van der Waals surface area contributed by atoms with Gasteiger partial charge in [0.1, 0.15) is 12.1 Å². The minimum atomic E-state index is -4.43. The predicted octanol–water partition coefficient (Wildman–Crippen LogP) is 4.09. The lowest BCUT2D eigenvalue weighted by Crippen LogP contribution is -2.37. The van der Waals surface area contributed by atoms with Crippen LogP contribution in [-0.4, -0.2) is 44.6 Å². The first kappa shape index (κ1) is 21.6. The van der Waals surface area contributed by atoms with E-state index < -0.39 is 28.0 Å². The standard InChI is InChI=1S/C17H15F3N4O5S/c18-17(19,20)30-12-3-1-11(2-4-12)29-15-13(24(27)28)14(21-9-22-15)23-7-5-10(6-8-23)16(25)26/h1-4,9-10H,5-8H2,(H,25,26). The van der Waals surface area contributed by atoms with Crippen molar-refractivity contribution in [1.82, 2.24) is 9.97 Å². The molecule has 1 aliphatic rings. The van der Waals surface area contributed by atoms with Gasteiger partial charge in [0.2, 0.25) is 5.82 Å². The zero-order chi connectivity index (χ0) is 21.9. The van der Waals surface area contributed by atoms with Gasteiger partial charge in [-0.25, -0.2) is 4.98 Å². The summed E-state index contributed by atoms with van der Waals surface area (Å²) in [5.41, 5.74) is -4.93. The number of rotatable bonds is 6. The molecule has 2 heterocycles. The van der Waals surface area contributed by atoms with Crippen LogP contribution in [0.3, 0.4) is 0 Å². The average Bonchev–Trinajstić information content (AvgIpc) is 2.68. The van der Waals surface area contributed by atoms with E-state index in [9.17, 15) is 28.1 Å². The Kier molecular flexibility index (Phi) is 6.29. The van der Waals surface area contributed by atoms with Crippen molar-refractivity contribution in [3.63, 3.8) is 0 Å². The molecule has 2 aromatic rings. The number of anilines is 1. The predicted molar refractivity (Wildman–Crippen MR) is 99.7 cm³/mol. The number of halogens is 3. The SMILES string of the molecule is O=C(O)C1CCN(c2ncnc(Oc3ccc(SC(F)(F)F)cc3)c2[N+](=O)[O-])CC1. The van der Waals surface area contributed by atoms with Crippen LogP contribution >= 0.6 is 11.8 Å². The van der Waals surface area contributed by atoms with E-state index in [0.29, 0.717) is 12.8 Å². The molecule has 0 bridgehead atoms. The molecule has 0 aliphatic carbocycles. The van der Waals surface area contributed by atoms with Crippen LogP contribution in [0.2, 0.25) is 0 Å². The molecule has 0 amide bonds. The smallest absolute Gasteiger partial charge is 0.446 e. The molecule has 0 saturated carbocycles. The lowest BCUT2D eigenvalue weighted by atomic mass is 9.97. The van der Waals surface area contributed by atoms with Crippen molar-refractivity contribution in [2.24, 2.45) is 5.92 Å². The number of aliphatic carboxylic acids is 1. The fourth-order valence-electron chi connectivity index (χ4n) is 2.98. The number of ether oxygens (including phenoxy) is 1. The third-order valence-corrected chi connectivity index (χ3v) is 5.11. The molecule has 0 unspecified atom stereocenters. The molecule has 160 valence electrons. The van der Waals surface area contributed by atoms with E-state index in [2.05, 4.69) is 9.97 Å². The molecular formula is C17H15F3N4O5S. The molecule has 1 N–H and O–H groups in total. The van der Waals surface area contributed by atoms with Crippen LogP contribution in [-0.2, 0) is 4.79 Å². The molecule has 13 heteroatoms. The van der Waals surface area contributed by atoms with Gasteiger partial charge >= 0.3 is 23.0 Å². The van der Waals surface area contributed by atoms with Crippen LogP contribution in [0.1, 0.15) is 12.8 Å². The molecule has 0 spiro atoms. The highest BCUT2D eigenvalue weighted by Crippen LogP contribution is 2.39. The molecule has 3 rings (SSSR count). The zero-order valence-electron chi connectivity index (χ0n) is 15.2. The molecular weight excluding hydrogens is 429 g/mol. The number of thioether (sulfide) groups is 1. The van der Waals surface area contributed by atoms with Gasteiger partial charge in [0.15, 0.2) is 0 Å². The Labute approximate surface area is 172 Å². The minimum absolute atomic E-state index is 0.00177. The maximum atomic E-state index is 12.4. The molecule has 1 aromatic carbocycles. The number of hydrogen-bond donors (Lipinski definition) is 1. The molecule has 1 aliphatic heterocycles. The number of carbonyl (C=O) groups is 1. The minimum Gasteiger partial charge on any atom is -0.481 e. The molecule has 1 fully saturated rings. The summed E-state index contributed by atoms with van der Waals surface area (Å²) >= 11 is -0.291. The van der Waals surface area contributed by atoms with E-state index in [4.69, 9.17) is 9.84 Å². The van der Waals surface area contributed by atoms with Crippen LogP contribution in [0.4, 0.5) is 24.7 Å². The highest BCUT2D eigenvalue weighted by atomic mass is 32.2. The van der Waals surface area contributed by atoms with Crippen LogP contribution in [0, 0.1) is 16.0 Å². The number of alkyl halides is 3. The summed E-state index contributed by atoms with van der Waals surface area (Å²) in [6.07, 6.45) is 1.70. The van der Waals surface area contributed by atoms with Crippen molar-refractivity contribution >= 4 is 29.2 Å². The Morgan fingerprint density at radius 3 is 2.40 bits per heavy atom. The van der Waals surface area contributed by atoms with Gasteiger partial charge in [-0.2, -0.15) is 18.2 Å². The second-order valence-corrected chi connectivity index (χ2v) is 7.47. The molecule has 0 radical (unpaired) electrons. The first-order valence-corrected chi connectivity index (χ1v) is 9.46. The maximum absolute atomic E-state index is 12.4.